The fourth-order valence-electron chi connectivity index (χ4n) is 2.38. The Bertz CT molecular complexity index is 943. The highest BCUT2D eigenvalue weighted by Crippen LogP contribution is 2.09. The molecular formula is C16H18N6O2. The molecule has 0 spiro atoms. The van der Waals surface area contributed by atoms with Gasteiger partial charge in [0.2, 0.25) is 5.91 Å². The average molecular weight is 326 g/mol. The third-order valence-electron chi connectivity index (χ3n) is 3.90. The van der Waals surface area contributed by atoms with Gasteiger partial charge in [0.05, 0.1) is 11.8 Å². The summed E-state index contributed by atoms with van der Waals surface area (Å²) in [6.07, 6.45) is 1.50. The van der Waals surface area contributed by atoms with Gasteiger partial charge in [0, 0.05) is 24.3 Å². The van der Waals surface area contributed by atoms with E-state index in [1.807, 2.05) is 24.3 Å². The van der Waals surface area contributed by atoms with Crippen LogP contribution in [-0.2, 0) is 17.9 Å². The standard InChI is InChI=1S/C16H18N6O2/c1-11-12(2)18-10-21(16(11)24)8-7-17-15(23)9-22-14-6-4-3-5-13(14)19-20-22/h3-6,10H,7-9H2,1-2H3,(H,17,23). The van der Waals surface area contributed by atoms with Gasteiger partial charge in [-0.1, -0.05) is 17.3 Å². The van der Waals surface area contributed by atoms with E-state index >= 15 is 0 Å². The number of amides is 1. The largest absolute Gasteiger partial charge is 0.353 e. The van der Waals surface area contributed by atoms with Crippen molar-refractivity contribution in [2.45, 2.75) is 26.9 Å². The number of hydrogen-bond acceptors (Lipinski definition) is 5. The lowest BCUT2D eigenvalue weighted by atomic mass is 10.3. The Hall–Kier alpha value is -3.03. The average Bonchev–Trinajstić information content (AvgIpc) is 2.98. The third kappa shape index (κ3) is 3.17. The number of aryl methyl sites for hydroxylation is 1. The maximum atomic E-state index is 12.1. The van der Waals surface area contributed by atoms with Crippen molar-refractivity contribution in [1.29, 1.82) is 0 Å². The molecule has 124 valence electrons. The van der Waals surface area contributed by atoms with Gasteiger partial charge in [-0.3, -0.25) is 14.2 Å². The molecule has 0 aliphatic carbocycles. The van der Waals surface area contributed by atoms with Crippen LogP contribution < -0.4 is 10.9 Å². The van der Waals surface area contributed by atoms with E-state index in [9.17, 15) is 9.59 Å². The van der Waals surface area contributed by atoms with Crippen molar-refractivity contribution in [3.05, 3.63) is 52.2 Å². The first kappa shape index (κ1) is 15.9. The number of rotatable bonds is 5. The van der Waals surface area contributed by atoms with E-state index in [0.29, 0.717) is 18.7 Å². The normalized spacial score (nSPS) is 10.9. The molecule has 2 aromatic heterocycles. The molecule has 0 unspecified atom stereocenters. The number of carbonyl (C=O) groups excluding carboxylic acids is 1. The van der Waals surface area contributed by atoms with E-state index < -0.39 is 0 Å². The molecule has 0 bridgehead atoms. The minimum absolute atomic E-state index is 0.0839. The third-order valence-corrected chi connectivity index (χ3v) is 3.90. The lowest BCUT2D eigenvalue weighted by molar-refractivity contribution is -0.121. The fourth-order valence-corrected chi connectivity index (χ4v) is 2.38. The van der Waals surface area contributed by atoms with Crippen molar-refractivity contribution >= 4 is 16.9 Å². The topological polar surface area (TPSA) is 94.7 Å². The number of nitrogens with zero attached hydrogens (tertiary/aromatic N) is 5. The monoisotopic (exact) mass is 326 g/mol. The highest BCUT2D eigenvalue weighted by Gasteiger charge is 2.09. The molecular weight excluding hydrogens is 308 g/mol. The van der Waals surface area contributed by atoms with E-state index in [2.05, 4.69) is 20.6 Å². The molecule has 3 rings (SSSR count). The van der Waals surface area contributed by atoms with Crippen LogP contribution in [0.25, 0.3) is 11.0 Å². The summed E-state index contributed by atoms with van der Waals surface area (Å²) >= 11 is 0. The number of para-hydroxylation sites is 1. The second-order valence-electron chi connectivity index (χ2n) is 5.54. The molecule has 8 heteroatoms. The molecule has 0 aliphatic heterocycles. The first-order valence-corrected chi connectivity index (χ1v) is 7.64. The minimum Gasteiger partial charge on any atom is -0.353 e. The molecule has 3 aromatic rings. The summed E-state index contributed by atoms with van der Waals surface area (Å²) in [5, 5.41) is 10.8. The second kappa shape index (κ2) is 6.61. The van der Waals surface area contributed by atoms with Crippen LogP contribution in [0.3, 0.4) is 0 Å². The number of nitrogens with one attached hydrogen (secondary N) is 1. The van der Waals surface area contributed by atoms with Crippen LogP contribution in [-0.4, -0.2) is 37.0 Å². The van der Waals surface area contributed by atoms with E-state index in [1.54, 1.807) is 18.5 Å². The summed E-state index contributed by atoms with van der Waals surface area (Å²) in [6, 6.07) is 7.45. The number of aromatic nitrogens is 5. The van der Waals surface area contributed by atoms with Gasteiger partial charge in [-0.05, 0) is 26.0 Å². The SMILES string of the molecule is Cc1ncn(CCNC(=O)Cn2nnc3ccccc32)c(=O)c1C. The second-order valence-corrected chi connectivity index (χ2v) is 5.54. The molecule has 8 nitrogen and oxygen atoms in total. The van der Waals surface area contributed by atoms with Crippen molar-refractivity contribution in [3.63, 3.8) is 0 Å². The molecule has 1 aromatic carbocycles. The van der Waals surface area contributed by atoms with Gasteiger partial charge in [-0.15, -0.1) is 5.10 Å². The van der Waals surface area contributed by atoms with Crippen LogP contribution in [0.4, 0.5) is 0 Å². The number of carbonyl (C=O) groups is 1. The molecule has 0 fully saturated rings. The van der Waals surface area contributed by atoms with E-state index in [0.717, 1.165) is 16.7 Å². The van der Waals surface area contributed by atoms with Gasteiger partial charge in [-0.25, -0.2) is 9.67 Å². The van der Waals surface area contributed by atoms with Crippen molar-refractivity contribution < 1.29 is 4.79 Å². The van der Waals surface area contributed by atoms with E-state index in [4.69, 9.17) is 0 Å². The Morgan fingerprint density at radius 3 is 2.88 bits per heavy atom. The van der Waals surface area contributed by atoms with Crippen LogP contribution in [0, 0.1) is 13.8 Å². The lowest BCUT2D eigenvalue weighted by Gasteiger charge is -2.09. The van der Waals surface area contributed by atoms with E-state index in [-0.39, 0.29) is 18.0 Å². The molecule has 0 radical (unpaired) electrons. The van der Waals surface area contributed by atoms with E-state index in [1.165, 1.54) is 10.9 Å². The van der Waals surface area contributed by atoms with Gasteiger partial charge in [-0.2, -0.15) is 0 Å². The summed E-state index contributed by atoms with van der Waals surface area (Å²) in [5.74, 6) is -0.185. The highest BCUT2D eigenvalue weighted by atomic mass is 16.2. The van der Waals surface area contributed by atoms with Crippen molar-refractivity contribution in [3.8, 4) is 0 Å². The van der Waals surface area contributed by atoms with Gasteiger partial charge in [0.1, 0.15) is 12.1 Å². The first-order chi connectivity index (χ1) is 11.6. The Kier molecular flexibility index (Phi) is 4.37. The first-order valence-electron chi connectivity index (χ1n) is 7.64. The van der Waals surface area contributed by atoms with Gasteiger partial charge in [0.25, 0.3) is 5.56 Å². The Morgan fingerprint density at radius 1 is 1.25 bits per heavy atom. The molecule has 1 amide bonds. The molecule has 2 heterocycles. The van der Waals surface area contributed by atoms with Crippen molar-refractivity contribution in [1.82, 2.24) is 29.9 Å². The van der Waals surface area contributed by atoms with Crippen LogP contribution in [0.5, 0.6) is 0 Å². The summed E-state index contributed by atoms with van der Waals surface area (Å²) in [5.41, 5.74) is 2.82. The highest BCUT2D eigenvalue weighted by molar-refractivity contribution is 5.79. The molecule has 0 saturated carbocycles. The Morgan fingerprint density at radius 2 is 2.04 bits per heavy atom. The number of hydrogen-bond donors (Lipinski definition) is 1. The van der Waals surface area contributed by atoms with Crippen LogP contribution in [0.1, 0.15) is 11.3 Å². The summed E-state index contributed by atoms with van der Waals surface area (Å²) in [4.78, 5) is 28.3. The lowest BCUT2D eigenvalue weighted by Crippen LogP contribution is -2.34. The maximum absolute atomic E-state index is 12.1. The molecule has 0 aliphatic rings. The zero-order chi connectivity index (χ0) is 17.1. The summed E-state index contributed by atoms with van der Waals surface area (Å²) in [6.45, 7) is 4.34. The number of fused-ring (bicyclic) bond motifs is 1. The van der Waals surface area contributed by atoms with Crippen LogP contribution >= 0.6 is 0 Å². The molecule has 0 saturated heterocycles. The van der Waals surface area contributed by atoms with Crippen molar-refractivity contribution in [2.75, 3.05) is 6.54 Å². The smallest absolute Gasteiger partial charge is 0.256 e. The molecule has 0 atom stereocenters. The molecule has 1 N–H and O–H groups in total. The fraction of sp³-hybridized carbons (Fsp3) is 0.312. The number of benzene rings is 1. The summed E-state index contributed by atoms with van der Waals surface area (Å²) in [7, 11) is 0. The Labute approximate surface area is 138 Å². The quantitative estimate of drug-likeness (QED) is 0.733. The van der Waals surface area contributed by atoms with Crippen LogP contribution in [0.15, 0.2) is 35.4 Å². The van der Waals surface area contributed by atoms with Gasteiger partial charge >= 0.3 is 0 Å². The maximum Gasteiger partial charge on any atom is 0.256 e. The Balaban J connectivity index is 1.58. The van der Waals surface area contributed by atoms with Gasteiger partial charge in [0.15, 0.2) is 0 Å². The predicted molar refractivity (Wildman–Crippen MR) is 88.5 cm³/mol. The summed E-state index contributed by atoms with van der Waals surface area (Å²) < 4.78 is 3.04. The van der Waals surface area contributed by atoms with Crippen molar-refractivity contribution in [2.24, 2.45) is 0 Å². The van der Waals surface area contributed by atoms with Gasteiger partial charge < -0.3 is 5.32 Å². The predicted octanol–water partition coefficient (Wildman–Crippen LogP) is 0.421. The molecule has 24 heavy (non-hydrogen) atoms. The zero-order valence-electron chi connectivity index (χ0n) is 13.6. The zero-order valence-corrected chi connectivity index (χ0v) is 13.6. The minimum atomic E-state index is -0.185. The van der Waals surface area contributed by atoms with Crippen LogP contribution in [0.2, 0.25) is 0 Å².